The number of aliphatic hydroxyl groups is 1. The number of nitrogens with one attached hydrogen (secondary N) is 4. The molecule has 3 rings (SSSR count). The van der Waals surface area contributed by atoms with E-state index < -0.39 is 48.6 Å². The zero-order chi connectivity index (χ0) is 26.4. The zero-order valence-electron chi connectivity index (χ0n) is 18.6. The van der Waals surface area contributed by atoms with Gasteiger partial charge in [-0.1, -0.05) is 23.2 Å². The summed E-state index contributed by atoms with van der Waals surface area (Å²) in [6.07, 6.45) is -1.19. The molecule has 0 saturated heterocycles. The minimum absolute atomic E-state index is 0.00466. The summed E-state index contributed by atoms with van der Waals surface area (Å²) < 4.78 is 0. The molecule has 0 aromatic heterocycles. The highest BCUT2D eigenvalue weighted by molar-refractivity contribution is 6.35. The fourth-order valence-corrected chi connectivity index (χ4v) is 3.85. The van der Waals surface area contributed by atoms with E-state index in [2.05, 4.69) is 26.3 Å². The molecule has 0 spiro atoms. The van der Waals surface area contributed by atoms with E-state index in [-0.39, 0.29) is 40.0 Å². The number of nitrogens with zero attached hydrogens (tertiary/aromatic N) is 1. The molecule has 12 nitrogen and oxygen atoms in total. The first-order valence-corrected chi connectivity index (χ1v) is 11.3. The van der Waals surface area contributed by atoms with Crippen LogP contribution in [0.5, 0.6) is 11.5 Å². The normalized spacial score (nSPS) is 15.8. The topological polar surface area (TPSA) is 193 Å². The van der Waals surface area contributed by atoms with Crippen molar-refractivity contribution in [2.45, 2.75) is 18.6 Å². The van der Waals surface area contributed by atoms with Crippen molar-refractivity contribution in [2.75, 3.05) is 25.0 Å². The van der Waals surface area contributed by atoms with Crippen molar-refractivity contribution >= 4 is 52.6 Å². The van der Waals surface area contributed by atoms with Crippen LogP contribution in [0.1, 0.15) is 28.4 Å². The van der Waals surface area contributed by atoms with E-state index in [9.17, 15) is 34.8 Å². The van der Waals surface area contributed by atoms with Crippen molar-refractivity contribution in [1.29, 1.82) is 0 Å². The van der Waals surface area contributed by atoms with Crippen LogP contribution in [-0.4, -0.2) is 69.9 Å². The van der Waals surface area contributed by atoms with Gasteiger partial charge in [-0.05, 0) is 24.3 Å². The largest absolute Gasteiger partial charge is 0.508 e. The molecule has 192 valence electrons. The lowest BCUT2D eigenvalue weighted by molar-refractivity contribution is -0.137. The summed E-state index contributed by atoms with van der Waals surface area (Å²) >= 11 is 11.8. The highest BCUT2D eigenvalue weighted by Gasteiger charge is 2.23. The van der Waals surface area contributed by atoms with Gasteiger partial charge in [0.2, 0.25) is 5.91 Å². The summed E-state index contributed by atoms with van der Waals surface area (Å²) in [5.74, 6) is -3.00. The molecule has 0 bridgehead atoms. The predicted molar refractivity (Wildman–Crippen MR) is 132 cm³/mol. The third kappa shape index (κ3) is 7.38. The lowest BCUT2D eigenvalue weighted by Crippen LogP contribution is -2.42. The summed E-state index contributed by atoms with van der Waals surface area (Å²) in [5.41, 5.74) is 0.371. The average Bonchev–Trinajstić information content (AvgIpc) is 2.80. The van der Waals surface area contributed by atoms with Crippen LogP contribution in [0.4, 0.5) is 5.69 Å². The smallest absolute Gasteiger partial charge is 0.305 e. The number of carboxylic acids is 1. The third-order valence-corrected chi connectivity index (χ3v) is 5.47. The van der Waals surface area contributed by atoms with Gasteiger partial charge in [-0.3, -0.25) is 19.4 Å². The van der Waals surface area contributed by atoms with Crippen molar-refractivity contribution in [1.82, 2.24) is 16.0 Å². The molecule has 0 fully saturated rings. The van der Waals surface area contributed by atoms with Crippen molar-refractivity contribution in [3.63, 3.8) is 0 Å². The molecular formula is C22H23Cl2N5O7. The maximum absolute atomic E-state index is 12.6. The van der Waals surface area contributed by atoms with Gasteiger partial charge >= 0.3 is 5.97 Å². The van der Waals surface area contributed by atoms with Crippen LogP contribution in [0.15, 0.2) is 35.3 Å². The average molecular weight is 540 g/mol. The highest BCUT2D eigenvalue weighted by Crippen LogP contribution is 2.36. The number of phenolic OH excluding ortho intramolecular Hbond substituents is 2. The van der Waals surface area contributed by atoms with Crippen LogP contribution in [-0.2, 0) is 9.59 Å². The summed E-state index contributed by atoms with van der Waals surface area (Å²) in [5, 5.41) is 49.5. The number of aromatic hydroxyl groups is 2. The summed E-state index contributed by atoms with van der Waals surface area (Å²) in [4.78, 5) is 40.5. The molecule has 0 saturated carbocycles. The fraction of sp³-hybridized carbons (Fsp3) is 0.273. The van der Waals surface area contributed by atoms with Gasteiger partial charge < -0.3 is 41.7 Å². The maximum Gasteiger partial charge on any atom is 0.305 e. The Kier molecular flexibility index (Phi) is 8.80. The monoisotopic (exact) mass is 539 g/mol. The van der Waals surface area contributed by atoms with E-state index in [1.807, 2.05) is 0 Å². The highest BCUT2D eigenvalue weighted by atomic mass is 35.5. The molecule has 2 atom stereocenters. The van der Waals surface area contributed by atoms with Gasteiger partial charge in [-0.25, -0.2) is 0 Å². The molecule has 1 aliphatic heterocycles. The number of carboxylic acid groups (broad SMARTS) is 1. The number of halogens is 2. The fourth-order valence-electron chi connectivity index (χ4n) is 3.34. The van der Waals surface area contributed by atoms with Gasteiger partial charge in [0, 0.05) is 34.4 Å². The SMILES string of the molecule is O=C(O)C[C@@H](NC(=O)CNC(=O)c1cc(O)cc(NC2=NCC(O)CN2)c1)c1cc(Cl)cc(Cl)c1O. The lowest BCUT2D eigenvalue weighted by Gasteiger charge is -2.20. The van der Waals surface area contributed by atoms with Crippen molar-refractivity contribution in [3.05, 3.63) is 51.5 Å². The van der Waals surface area contributed by atoms with Crippen molar-refractivity contribution in [2.24, 2.45) is 4.99 Å². The number of phenols is 2. The maximum atomic E-state index is 12.6. The molecule has 36 heavy (non-hydrogen) atoms. The van der Waals surface area contributed by atoms with Gasteiger partial charge in [0.15, 0.2) is 5.96 Å². The molecule has 0 radical (unpaired) electrons. The second-order valence-electron chi connectivity index (χ2n) is 7.84. The van der Waals surface area contributed by atoms with Crippen LogP contribution in [0.25, 0.3) is 0 Å². The van der Waals surface area contributed by atoms with Gasteiger partial charge in [-0.15, -0.1) is 0 Å². The molecule has 1 unspecified atom stereocenters. The number of guanidine groups is 1. The first-order valence-electron chi connectivity index (χ1n) is 10.6. The van der Waals surface area contributed by atoms with Crippen LogP contribution >= 0.6 is 23.2 Å². The summed E-state index contributed by atoms with van der Waals surface area (Å²) in [6.45, 7) is -0.0532. The Morgan fingerprint density at radius 1 is 1.14 bits per heavy atom. The number of β-amino-alcohol motifs (C(OH)–C–C–N with tert-alkyl or cyclic N) is 1. The molecule has 2 amide bonds. The van der Waals surface area contributed by atoms with Crippen molar-refractivity contribution in [3.8, 4) is 11.5 Å². The number of hydrogen-bond acceptors (Lipinski definition) is 9. The van der Waals surface area contributed by atoms with Crippen LogP contribution in [0.2, 0.25) is 10.0 Å². The number of aliphatic carboxylic acids is 1. The number of rotatable bonds is 8. The quantitative estimate of drug-likeness (QED) is 0.243. The standard InChI is InChI=1S/C22H23Cl2N5O7/c23-11-3-15(20(35)16(24)4-11)17(6-19(33)34)29-18(32)9-25-21(36)10-1-12(5-13(30)2-10)28-22-26-7-14(31)8-27-22/h1-5,14,17,30-31,35H,6-9H2,(H,25,36)(H,29,32)(H,33,34)(H2,26,27,28)/t17-/m1/s1. The number of amides is 2. The van der Waals surface area contributed by atoms with E-state index in [1.165, 1.54) is 30.3 Å². The Morgan fingerprint density at radius 2 is 1.89 bits per heavy atom. The Labute approximate surface area is 214 Å². The first kappa shape index (κ1) is 26.9. The number of anilines is 1. The third-order valence-electron chi connectivity index (χ3n) is 4.96. The molecular weight excluding hydrogens is 517 g/mol. The van der Waals surface area contributed by atoms with E-state index >= 15 is 0 Å². The Morgan fingerprint density at radius 3 is 2.56 bits per heavy atom. The van der Waals surface area contributed by atoms with Crippen LogP contribution in [0, 0.1) is 0 Å². The zero-order valence-corrected chi connectivity index (χ0v) is 20.1. The molecule has 14 heteroatoms. The van der Waals surface area contributed by atoms with E-state index in [1.54, 1.807) is 0 Å². The number of aliphatic hydroxyl groups excluding tert-OH is 1. The van der Waals surface area contributed by atoms with Crippen LogP contribution < -0.4 is 21.3 Å². The number of aliphatic imine (C=N–C) groups is 1. The summed E-state index contributed by atoms with van der Waals surface area (Å²) in [6, 6.07) is 5.34. The Hall–Kier alpha value is -3.74. The molecule has 1 aliphatic rings. The second-order valence-corrected chi connectivity index (χ2v) is 8.69. The van der Waals surface area contributed by atoms with Gasteiger partial charge in [0.25, 0.3) is 5.91 Å². The molecule has 0 aliphatic carbocycles. The predicted octanol–water partition coefficient (Wildman–Crippen LogP) is 1.20. The van der Waals surface area contributed by atoms with Gasteiger partial charge in [0.1, 0.15) is 11.5 Å². The first-order chi connectivity index (χ1) is 17.0. The van der Waals surface area contributed by atoms with Crippen LogP contribution in [0.3, 0.4) is 0 Å². The lowest BCUT2D eigenvalue weighted by atomic mass is 10.0. The minimum Gasteiger partial charge on any atom is -0.508 e. The molecule has 2 aromatic rings. The molecule has 1 heterocycles. The summed E-state index contributed by atoms with van der Waals surface area (Å²) in [7, 11) is 0. The van der Waals surface area contributed by atoms with E-state index in [0.29, 0.717) is 11.6 Å². The number of carbonyl (C=O) groups excluding carboxylic acids is 2. The number of carbonyl (C=O) groups is 3. The van der Waals surface area contributed by atoms with Gasteiger partial charge in [0.05, 0.1) is 36.7 Å². The molecule has 8 N–H and O–H groups in total. The second kappa shape index (κ2) is 11.8. The Balaban J connectivity index is 1.66. The minimum atomic E-state index is -1.26. The van der Waals surface area contributed by atoms with E-state index in [4.69, 9.17) is 23.2 Å². The van der Waals surface area contributed by atoms with E-state index in [0.717, 1.165) is 0 Å². The van der Waals surface area contributed by atoms with Gasteiger partial charge in [-0.2, -0.15) is 0 Å². The molecule has 2 aromatic carbocycles. The number of benzene rings is 2. The Bertz CT molecular complexity index is 1210. The van der Waals surface area contributed by atoms with Crippen molar-refractivity contribution < 1.29 is 34.8 Å². The number of hydrogen-bond donors (Lipinski definition) is 8.